The van der Waals surface area contributed by atoms with Crippen LogP contribution in [0.2, 0.25) is 0 Å². The number of rotatable bonds is 9. The fourth-order valence-corrected chi connectivity index (χ4v) is 3.67. The first kappa shape index (κ1) is 22.2. The van der Waals surface area contributed by atoms with Crippen LogP contribution in [0.3, 0.4) is 0 Å². The van der Waals surface area contributed by atoms with Crippen molar-refractivity contribution < 1.29 is 9.57 Å². The van der Waals surface area contributed by atoms with Gasteiger partial charge in [0.05, 0.1) is 11.1 Å². The van der Waals surface area contributed by atoms with E-state index in [0.717, 1.165) is 22.4 Å². The van der Waals surface area contributed by atoms with Crippen LogP contribution in [0, 0.1) is 0 Å². The number of ether oxygens (including phenoxy) is 1. The first-order valence-electron chi connectivity index (χ1n) is 11.3. The van der Waals surface area contributed by atoms with E-state index in [0.29, 0.717) is 29.9 Å². The van der Waals surface area contributed by atoms with Crippen LogP contribution in [0.5, 0.6) is 5.75 Å². The van der Waals surface area contributed by atoms with Crippen LogP contribution in [-0.2, 0) is 19.8 Å². The van der Waals surface area contributed by atoms with Crippen molar-refractivity contribution in [3.8, 4) is 5.75 Å². The molecule has 3 aromatic carbocycles. The summed E-state index contributed by atoms with van der Waals surface area (Å²) in [5, 5.41) is 4.03. The van der Waals surface area contributed by atoms with Crippen LogP contribution in [0.1, 0.15) is 16.7 Å². The highest BCUT2D eigenvalue weighted by Gasteiger charge is 2.12. The van der Waals surface area contributed by atoms with E-state index in [9.17, 15) is 4.79 Å². The van der Waals surface area contributed by atoms with Gasteiger partial charge in [-0.2, -0.15) is 0 Å². The molecular formula is C28H24N4O3. The Hall–Kier alpha value is -4.65. The van der Waals surface area contributed by atoms with Crippen molar-refractivity contribution in [1.29, 1.82) is 0 Å². The molecule has 0 amide bonds. The Morgan fingerprint density at radius 2 is 1.49 bits per heavy atom. The Kier molecular flexibility index (Phi) is 6.66. The third kappa shape index (κ3) is 5.47. The van der Waals surface area contributed by atoms with E-state index < -0.39 is 0 Å². The average Bonchev–Trinajstić information content (AvgIpc) is 2.92. The first-order valence-corrected chi connectivity index (χ1v) is 11.3. The third-order valence-corrected chi connectivity index (χ3v) is 5.50. The standard InChI is InChI=1S/C28H24N4O3/c33-27-15-26(25-17-29-20-31-28(25)32(27)35-19-23-9-5-2-6-10-23)30-16-21-11-13-24(14-12-21)34-18-22-7-3-1-4-8-22/h1-15,17,20,30H,16,18-19H2. The van der Waals surface area contributed by atoms with E-state index in [1.807, 2.05) is 84.9 Å². The van der Waals surface area contributed by atoms with E-state index in [2.05, 4.69) is 15.3 Å². The number of anilines is 1. The molecule has 0 atom stereocenters. The minimum atomic E-state index is -0.306. The number of benzene rings is 3. The summed E-state index contributed by atoms with van der Waals surface area (Å²) < 4.78 is 7.07. The molecule has 35 heavy (non-hydrogen) atoms. The quantitative estimate of drug-likeness (QED) is 0.343. The summed E-state index contributed by atoms with van der Waals surface area (Å²) in [6.07, 6.45) is 3.08. The lowest BCUT2D eigenvalue weighted by Gasteiger charge is -2.14. The van der Waals surface area contributed by atoms with Crippen molar-refractivity contribution in [1.82, 2.24) is 14.7 Å². The molecule has 5 rings (SSSR count). The van der Waals surface area contributed by atoms with Gasteiger partial charge in [0.25, 0.3) is 5.56 Å². The number of aromatic nitrogens is 3. The van der Waals surface area contributed by atoms with Crippen LogP contribution in [-0.4, -0.2) is 14.7 Å². The number of nitrogens with zero attached hydrogens (tertiary/aromatic N) is 3. The molecule has 0 radical (unpaired) electrons. The van der Waals surface area contributed by atoms with E-state index in [1.165, 1.54) is 17.1 Å². The van der Waals surface area contributed by atoms with Crippen molar-refractivity contribution in [2.24, 2.45) is 0 Å². The molecule has 0 bridgehead atoms. The summed E-state index contributed by atoms with van der Waals surface area (Å²) >= 11 is 0. The Morgan fingerprint density at radius 3 is 2.20 bits per heavy atom. The Balaban J connectivity index is 1.27. The molecule has 7 nitrogen and oxygen atoms in total. The third-order valence-electron chi connectivity index (χ3n) is 5.50. The van der Waals surface area contributed by atoms with Gasteiger partial charge < -0.3 is 14.9 Å². The maximum absolute atomic E-state index is 12.8. The van der Waals surface area contributed by atoms with Crippen LogP contribution in [0.4, 0.5) is 5.69 Å². The van der Waals surface area contributed by atoms with Gasteiger partial charge in [-0.1, -0.05) is 72.8 Å². The summed E-state index contributed by atoms with van der Waals surface area (Å²) in [6, 6.07) is 29.1. The fourth-order valence-electron chi connectivity index (χ4n) is 3.67. The maximum Gasteiger partial charge on any atom is 0.287 e. The summed E-state index contributed by atoms with van der Waals surface area (Å²) in [5.41, 5.74) is 3.88. The molecule has 0 aliphatic rings. The zero-order valence-corrected chi connectivity index (χ0v) is 19.0. The molecule has 0 saturated heterocycles. The summed E-state index contributed by atoms with van der Waals surface area (Å²) in [7, 11) is 0. The number of nitrogens with one attached hydrogen (secondary N) is 1. The molecule has 174 valence electrons. The van der Waals surface area contributed by atoms with Gasteiger partial charge in [0, 0.05) is 18.8 Å². The highest BCUT2D eigenvalue weighted by molar-refractivity contribution is 5.87. The average molecular weight is 465 g/mol. The molecular weight excluding hydrogens is 440 g/mol. The number of pyridine rings is 1. The van der Waals surface area contributed by atoms with Gasteiger partial charge in [-0.3, -0.25) is 4.79 Å². The van der Waals surface area contributed by atoms with Gasteiger partial charge in [0.2, 0.25) is 0 Å². The SMILES string of the molecule is O=c1cc(NCc2ccc(OCc3ccccc3)cc2)c2cncnc2n1OCc1ccccc1. The molecule has 0 unspecified atom stereocenters. The Labute approximate surface area is 202 Å². The van der Waals surface area contributed by atoms with Gasteiger partial charge >= 0.3 is 0 Å². The smallest absolute Gasteiger partial charge is 0.287 e. The van der Waals surface area contributed by atoms with Gasteiger partial charge in [0.15, 0.2) is 5.65 Å². The van der Waals surface area contributed by atoms with Crippen molar-refractivity contribution in [3.05, 3.63) is 131 Å². The zero-order valence-electron chi connectivity index (χ0n) is 19.0. The van der Waals surface area contributed by atoms with Crippen molar-refractivity contribution in [2.75, 3.05) is 5.32 Å². The summed E-state index contributed by atoms with van der Waals surface area (Å²) in [5.74, 6) is 0.801. The highest BCUT2D eigenvalue weighted by atomic mass is 16.7. The van der Waals surface area contributed by atoms with Crippen LogP contribution >= 0.6 is 0 Å². The molecule has 0 aliphatic carbocycles. The number of fused-ring (bicyclic) bond motifs is 1. The van der Waals surface area contributed by atoms with Gasteiger partial charge in [0.1, 0.15) is 25.3 Å². The topological polar surface area (TPSA) is 78.3 Å². The van der Waals surface area contributed by atoms with E-state index in [1.54, 1.807) is 6.20 Å². The first-order chi connectivity index (χ1) is 17.3. The lowest BCUT2D eigenvalue weighted by atomic mass is 10.2. The molecule has 0 saturated carbocycles. The van der Waals surface area contributed by atoms with Crippen LogP contribution in [0.25, 0.3) is 11.0 Å². The van der Waals surface area contributed by atoms with Gasteiger partial charge in [-0.25, -0.2) is 9.97 Å². The molecule has 0 aliphatic heterocycles. The predicted octanol–water partition coefficient (Wildman–Crippen LogP) is 4.61. The molecule has 2 aromatic heterocycles. The second-order valence-electron chi connectivity index (χ2n) is 7.98. The highest BCUT2D eigenvalue weighted by Crippen LogP contribution is 2.20. The predicted molar refractivity (Wildman–Crippen MR) is 135 cm³/mol. The van der Waals surface area contributed by atoms with E-state index in [4.69, 9.17) is 9.57 Å². The lowest BCUT2D eigenvalue weighted by Crippen LogP contribution is -2.27. The largest absolute Gasteiger partial charge is 0.489 e. The molecule has 5 aromatic rings. The Bertz CT molecular complexity index is 1450. The Morgan fingerprint density at radius 1 is 0.800 bits per heavy atom. The van der Waals surface area contributed by atoms with Gasteiger partial charge in [-0.15, -0.1) is 4.73 Å². The molecule has 7 heteroatoms. The molecule has 1 N–H and O–H groups in total. The zero-order chi connectivity index (χ0) is 23.9. The second-order valence-corrected chi connectivity index (χ2v) is 7.98. The monoisotopic (exact) mass is 464 g/mol. The van der Waals surface area contributed by atoms with Crippen molar-refractivity contribution in [2.45, 2.75) is 19.8 Å². The summed E-state index contributed by atoms with van der Waals surface area (Å²) in [6.45, 7) is 1.30. The van der Waals surface area contributed by atoms with E-state index in [-0.39, 0.29) is 12.2 Å². The molecule has 0 fully saturated rings. The minimum absolute atomic E-state index is 0.255. The van der Waals surface area contributed by atoms with Crippen LogP contribution in [0.15, 0.2) is 108 Å². The van der Waals surface area contributed by atoms with E-state index >= 15 is 0 Å². The number of hydrogen-bond acceptors (Lipinski definition) is 6. The van der Waals surface area contributed by atoms with Crippen molar-refractivity contribution >= 4 is 16.7 Å². The summed E-state index contributed by atoms with van der Waals surface area (Å²) in [4.78, 5) is 27.1. The minimum Gasteiger partial charge on any atom is -0.489 e. The molecule has 2 heterocycles. The van der Waals surface area contributed by atoms with Crippen LogP contribution < -0.4 is 20.5 Å². The second kappa shape index (κ2) is 10.5. The van der Waals surface area contributed by atoms with Gasteiger partial charge in [-0.05, 0) is 28.8 Å². The molecule has 0 spiro atoms. The van der Waals surface area contributed by atoms with Crippen molar-refractivity contribution in [3.63, 3.8) is 0 Å². The fraction of sp³-hybridized carbons (Fsp3) is 0.107. The number of hydrogen-bond donors (Lipinski definition) is 1. The maximum atomic E-state index is 12.8. The lowest BCUT2D eigenvalue weighted by molar-refractivity contribution is 0.0980. The normalized spacial score (nSPS) is 10.7.